The number of aromatic nitrogens is 2. The highest BCUT2D eigenvalue weighted by atomic mass is 32.1. The van der Waals surface area contributed by atoms with Crippen LogP contribution in [0.4, 0.5) is 0 Å². The fourth-order valence-electron chi connectivity index (χ4n) is 3.28. The summed E-state index contributed by atoms with van der Waals surface area (Å²) in [5.41, 5.74) is 4.60. The standard InChI is InChI=1S/C17H22N4OS/c1-11-10-13(12(2)20(11)3)16-15(14-6-4-5-7-18-14)19-17(23)21(16)8-9-22/h4-7,10,15-16,22H,8-9H2,1-3H3,(H,19,23)/t15-,16+/m0/s1. The first-order chi connectivity index (χ1) is 11.0. The average molecular weight is 330 g/mol. The predicted octanol–water partition coefficient (Wildman–Crippen LogP) is 2.00. The van der Waals surface area contributed by atoms with Crippen molar-refractivity contribution in [2.24, 2.45) is 7.05 Å². The van der Waals surface area contributed by atoms with Crippen molar-refractivity contribution in [3.8, 4) is 0 Å². The third kappa shape index (κ3) is 2.72. The molecule has 2 aromatic rings. The number of aryl methyl sites for hydroxylation is 1. The van der Waals surface area contributed by atoms with Gasteiger partial charge in [-0.05, 0) is 49.8 Å². The van der Waals surface area contributed by atoms with Gasteiger partial charge in [-0.25, -0.2) is 0 Å². The molecule has 0 saturated carbocycles. The highest BCUT2D eigenvalue weighted by Crippen LogP contribution is 2.40. The van der Waals surface area contributed by atoms with Crippen LogP contribution in [0.3, 0.4) is 0 Å². The van der Waals surface area contributed by atoms with Crippen LogP contribution in [-0.2, 0) is 7.05 Å². The maximum absolute atomic E-state index is 9.45. The van der Waals surface area contributed by atoms with E-state index in [4.69, 9.17) is 12.2 Å². The lowest BCUT2D eigenvalue weighted by atomic mass is 9.97. The van der Waals surface area contributed by atoms with E-state index in [0.717, 1.165) is 5.69 Å². The molecule has 0 aliphatic carbocycles. The quantitative estimate of drug-likeness (QED) is 0.840. The van der Waals surface area contributed by atoms with Crippen molar-refractivity contribution in [1.29, 1.82) is 0 Å². The topological polar surface area (TPSA) is 53.3 Å². The molecular weight excluding hydrogens is 308 g/mol. The van der Waals surface area contributed by atoms with Crippen LogP contribution in [0.5, 0.6) is 0 Å². The summed E-state index contributed by atoms with van der Waals surface area (Å²) in [6, 6.07) is 8.13. The molecule has 6 heteroatoms. The molecule has 0 bridgehead atoms. The van der Waals surface area contributed by atoms with E-state index in [1.54, 1.807) is 6.20 Å². The number of aliphatic hydroxyl groups is 1. The fraction of sp³-hybridized carbons (Fsp3) is 0.412. The summed E-state index contributed by atoms with van der Waals surface area (Å²) < 4.78 is 2.18. The van der Waals surface area contributed by atoms with E-state index in [1.807, 2.05) is 18.2 Å². The maximum Gasteiger partial charge on any atom is 0.170 e. The van der Waals surface area contributed by atoms with Crippen molar-refractivity contribution in [3.05, 3.63) is 53.1 Å². The fourth-order valence-corrected chi connectivity index (χ4v) is 3.61. The van der Waals surface area contributed by atoms with Crippen molar-refractivity contribution in [1.82, 2.24) is 19.8 Å². The minimum atomic E-state index is -0.0178. The van der Waals surface area contributed by atoms with E-state index in [9.17, 15) is 5.11 Å². The van der Waals surface area contributed by atoms with Crippen LogP contribution in [0.25, 0.3) is 0 Å². The van der Waals surface area contributed by atoms with Gasteiger partial charge in [-0.15, -0.1) is 0 Å². The molecule has 2 aromatic heterocycles. The molecule has 1 aliphatic rings. The number of pyridine rings is 1. The number of hydrogen-bond donors (Lipinski definition) is 2. The molecule has 2 N–H and O–H groups in total. The Morgan fingerprint density at radius 3 is 2.70 bits per heavy atom. The van der Waals surface area contributed by atoms with Crippen molar-refractivity contribution in [2.75, 3.05) is 13.2 Å². The van der Waals surface area contributed by atoms with Gasteiger partial charge in [0.1, 0.15) is 0 Å². The second kappa shape index (κ2) is 6.29. The van der Waals surface area contributed by atoms with E-state index in [2.05, 4.69) is 46.7 Å². The van der Waals surface area contributed by atoms with E-state index < -0.39 is 0 Å². The molecule has 1 aliphatic heterocycles. The van der Waals surface area contributed by atoms with Crippen LogP contribution >= 0.6 is 12.2 Å². The minimum Gasteiger partial charge on any atom is -0.395 e. The Kier molecular flexibility index (Phi) is 4.37. The number of rotatable bonds is 4. The molecule has 1 saturated heterocycles. The summed E-state index contributed by atoms with van der Waals surface area (Å²) in [6.07, 6.45) is 1.80. The minimum absolute atomic E-state index is 0.0178. The molecule has 0 amide bonds. The molecule has 3 heterocycles. The smallest absolute Gasteiger partial charge is 0.170 e. The zero-order chi connectivity index (χ0) is 16.6. The number of β-amino-alcohol motifs (C(OH)–C–C–N with tert-alkyl or cyclic N) is 1. The van der Waals surface area contributed by atoms with Gasteiger partial charge in [0.05, 0.1) is 24.4 Å². The number of nitrogens with one attached hydrogen (secondary N) is 1. The van der Waals surface area contributed by atoms with Crippen molar-refractivity contribution in [2.45, 2.75) is 25.9 Å². The number of nitrogens with zero attached hydrogens (tertiary/aromatic N) is 3. The normalized spacial score (nSPS) is 20.9. The Hall–Kier alpha value is -1.92. The summed E-state index contributed by atoms with van der Waals surface area (Å²) in [4.78, 5) is 6.57. The monoisotopic (exact) mass is 330 g/mol. The van der Waals surface area contributed by atoms with E-state index in [1.165, 1.54) is 17.0 Å². The van der Waals surface area contributed by atoms with Crippen LogP contribution in [0.15, 0.2) is 30.5 Å². The van der Waals surface area contributed by atoms with Gasteiger partial charge in [-0.1, -0.05) is 6.07 Å². The Morgan fingerprint density at radius 1 is 1.35 bits per heavy atom. The summed E-state index contributed by atoms with van der Waals surface area (Å²) in [7, 11) is 2.07. The number of aliphatic hydroxyl groups excluding tert-OH is 1. The second-order valence-corrected chi connectivity index (χ2v) is 6.32. The van der Waals surface area contributed by atoms with E-state index >= 15 is 0 Å². The molecule has 0 unspecified atom stereocenters. The Labute approximate surface area is 142 Å². The van der Waals surface area contributed by atoms with Crippen LogP contribution in [0, 0.1) is 13.8 Å². The predicted molar refractivity (Wildman–Crippen MR) is 94.1 cm³/mol. The largest absolute Gasteiger partial charge is 0.395 e. The first-order valence-corrected chi connectivity index (χ1v) is 8.17. The molecule has 5 nitrogen and oxygen atoms in total. The first kappa shape index (κ1) is 16.0. The zero-order valence-corrected chi connectivity index (χ0v) is 14.5. The molecule has 0 aromatic carbocycles. The van der Waals surface area contributed by atoms with Crippen LogP contribution in [0.1, 0.15) is 34.7 Å². The summed E-state index contributed by atoms with van der Waals surface area (Å²) in [5, 5.41) is 13.5. The summed E-state index contributed by atoms with van der Waals surface area (Å²) in [5.74, 6) is 0. The van der Waals surface area contributed by atoms with Gasteiger partial charge in [0.15, 0.2) is 5.11 Å². The van der Waals surface area contributed by atoms with E-state index in [-0.39, 0.29) is 18.7 Å². The highest BCUT2D eigenvalue weighted by Gasteiger charge is 2.40. The summed E-state index contributed by atoms with van der Waals surface area (Å²) in [6.45, 7) is 4.80. The van der Waals surface area contributed by atoms with Crippen molar-refractivity contribution in [3.63, 3.8) is 0 Å². The molecule has 0 radical (unpaired) electrons. The van der Waals surface area contributed by atoms with Gasteiger partial charge in [0, 0.05) is 31.2 Å². The summed E-state index contributed by atoms with van der Waals surface area (Å²) >= 11 is 5.51. The average Bonchev–Trinajstić information content (AvgIpc) is 3.01. The van der Waals surface area contributed by atoms with Crippen molar-refractivity contribution < 1.29 is 5.11 Å². The Bertz CT molecular complexity index is 713. The van der Waals surface area contributed by atoms with Gasteiger partial charge in [0.2, 0.25) is 0 Å². The SMILES string of the molecule is Cc1cc([C@@H]2[C@H](c3ccccn3)NC(=S)N2CCO)c(C)n1C. The van der Waals surface area contributed by atoms with Gasteiger partial charge >= 0.3 is 0 Å². The second-order valence-electron chi connectivity index (χ2n) is 5.93. The maximum atomic E-state index is 9.45. The third-order valence-corrected chi connectivity index (χ3v) is 5.02. The molecule has 0 spiro atoms. The van der Waals surface area contributed by atoms with Crippen LogP contribution < -0.4 is 5.32 Å². The third-order valence-electron chi connectivity index (χ3n) is 4.67. The zero-order valence-electron chi connectivity index (χ0n) is 13.7. The molecule has 1 fully saturated rings. The molecule has 3 rings (SSSR count). The molecular formula is C17H22N4OS. The highest BCUT2D eigenvalue weighted by molar-refractivity contribution is 7.80. The molecule has 23 heavy (non-hydrogen) atoms. The first-order valence-electron chi connectivity index (χ1n) is 7.76. The van der Waals surface area contributed by atoms with E-state index in [0.29, 0.717) is 11.7 Å². The molecule has 122 valence electrons. The Morgan fingerprint density at radius 2 is 2.13 bits per heavy atom. The molecule has 2 atom stereocenters. The van der Waals surface area contributed by atoms with Gasteiger partial charge in [-0.2, -0.15) is 0 Å². The number of thiocarbonyl (C=S) groups is 1. The number of hydrogen-bond acceptors (Lipinski definition) is 3. The lowest BCUT2D eigenvalue weighted by Gasteiger charge is -2.27. The van der Waals surface area contributed by atoms with Crippen LogP contribution in [-0.4, -0.2) is 37.8 Å². The van der Waals surface area contributed by atoms with Gasteiger partial charge < -0.3 is 19.9 Å². The lowest BCUT2D eigenvalue weighted by Crippen LogP contribution is -2.32. The van der Waals surface area contributed by atoms with Gasteiger partial charge in [-0.3, -0.25) is 4.98 Å². The Balaban J connectivity index is 2.09. The van der Waals surface area contributed by atoms with Crippen molar-refractivity contribution >= 4 is 17.3 Å². The lowest BCUT2D eigenvalue weighted by molar-refractivity contribution is 0.223. The van der Waals surface area contributed by atoms with Gasteiger partial charge in [0.25, 0.3) is 0 Å². The van der Waals surface area contributed by atoms with Crippen LogP contribution in [0.2, 0.25) is 0 Å².